The zero-order chi connectivity index (χ0) is 24.1. The summed E-state index contributed by atoms with van der Waals surface area (Å²) in [7, 11) is 1.61. The summed E-state index contributed by atoms with van der Waals surface area (Å²) in [5, 5.41) is 7.12. The first-order chi connectivity index (χ1) is 15.6. The number of aliphatic carboxylic acids is 1. The minimum atomic E-state index is -5.08. The van der Waals surface area contributed by atoms with Crippen molar-refractivity contribution in [1.82, 2.24) is 9.88 Å². The van der Waals surface area contributed by atoms with E-state index < -0.39 is 12.1 Å². The number of hydrogen-bond acceptors (Lipinski definition) is 6. The summed E-state index contributed by atoms with van der Waals surface area (Å²) in [5.74, 6) is -1.35. The van der Waals surface area contributed by atoms with Crippen LogP contribution in [0.1, 0.15) is 23.2 Å². The molecule has 178 valence electrons. The highest BCUT2D eigenvalue weighted by Crippen LogP contribution is 2.36. The molecule has 1 atom stereocenters. The van der Waals surface area contributed by atoms with Crippen molar-refractivity contribution in [1.29, 1.82) is 0 Å². The quantitative estimate of drug-likeness (QED) is 0.736. The Labute approximate surface area is 187 Å². The number of carboxylic acids is 1. The third kappa shape index (κ3) is 6.35. The van der Waals surface area contributed by atoms with E-state index in [2.05, 4.69) is 4.98 Å². The molecule has 2 fully saturated rings. The Balaban J connectivity index is 0.000000383. The molecule has 1 N–H and O–H groups in total. The number of hydrogen-bond donors (Lipinski definition) is 1. The first-order valence-corrected chi connectivity index (χ1v) is 10.1. The number of aromatic nitrogens is 1. The van der Waals surface area contributed by atoms with Gasteiger partial charge in [0, 0.05) is 30.7 Å². The van der Waals surface area contributed by atoms with Crippen LogP contribution in [-0.2, 0) is 9.53 Å². The van der Waals surface area contributed by atoms with Gasteiger partial charge in [0.15, 0.2) is 0 Å². The molecule has 1 aromatic heterocycles. The SMILES string of the molecule is COc1ccc(C(=O)N2CC3(CC(Oc4ccccn4)CCO3)C2)cc1.O=C(O)C(F)(F)F. The molecule has 33 heavy (non-hydrogen) atoms. The number of nitrogens with zero attached hydrogens (tertiary/aromatic N) is 2. The van der Waals surface area contributed by atoms with Crippen molar-refractivity contribution in [3.63, 3.8) is 0 Å². The number of methoxy groups -OCH3 is 1. The number of halogens is 3. The van der Waals surface area contributed by atoms with Crippen LogP contribution in [0.5, 0.6) is 11.6 Å². The maximum atomic E-state index is 12.6. The molecule has 3 heterocycles. The molecular formula is C22H23F3N2O6. The number of likely N-dealkylation sites (tertiary alicyclic amines) is 1. The Bertz CT molecular complexity index is 947. The van der Waals surface area contributed by atoms with Gasteiger partial charge in [-0.25, -0.2) is 9.78 Å². The maximum absolute atomic E-state index is 12.6. The second kappa shape index (κ2) is 10.1. The van der Waals surface area contributed by atoms with Gasteiger partial charge in [-0.15, -0.1) is 0 Å². The van der Waals surface area contributed by atoms with Crippen LogP contribution in [0.4, 0.5) is 13.2 Å². The summed E-state index contributed by atoms with van der Waals surface area (Å²) in [6.45, 7) is 1.84. The summed E-state index contributed by atoms with van der Waals surface area (Å²) < 4.78 is 48.9. The van der Waals surface area contributed by atoms with E-state index in [0.29, 0.717) is 31.1 Å². The molecule has 0 radical (unpaired) electrons. The normalized spacial score (nSPS) is 19.0. The van der Waals surface area contributed by atoms with Gasteiger partial charge in [-0.05, 0) is 30.3 Å². The minimum Gasteiger partial charge on any atom is -0.497 e. The van der Waals surface area contributed by atoms with Crippen molar-refractivity contribution in [2.75, 3.05) is 26.8 Å². The third-order valence-electron chi connectivity index (χ3n) is 5.20. The van der Waals surface area contributed by atoms with Crippen LogP contribution in [0.25, 0.3) is 0 Å². The van der Waals surface area contributed by atoms with Gasteiger partial charge in [-0.2, -0.15) is 13.2 Å². The van der Waals surface area contributed by atoms with Crippen molar-refractivity contribution in [2.24, 2.45) is 0 Å². The van der Waals surface area contributed by atoms with Gasteiger partial charge in [0.1, 0.15) is 17.5 Å². The fraction of sp³-hybridized carbons (Fsp3) is 0.409. The number of ether oxygens (including phenoxy) is 3. The van der Waals surface area contributed by atoms with Gasteiger partial charge < -0.3 is 24.2 Å². The van der Waals surface area contributed by atoms with E-state index in [1.165, 1.54) is 0 Å². The molecule has 0 bridgehead atoms. The fourth-order valence-corrected chi connectivity index (χ4v) is 3.60. The average Bonchev–Trinajstić information content (AvgIpc) is 2.77. The third-order valence-corrected chi connectivity index (χ3v) is 5.20. The molecule has 1 amide bonds. The number of carbonyl (C=O) groups is 2. The molecule has 2 aliphatic rings. The molecule has 2 aromatic rings. The number of pyridine rings is 1. The lowest BCUT2D eigenvalue weighted by Gasteiger charge is -2.52. The standard InChI is InChI=1S/C20H22N2O4.C2HF3O2/c1-24-16-7-5-15(6-8-16)19(23)22-13-20(14-22)12-17(9-11-25-20)26-18-4-2-3-10-21-18;3-2(4,5)1(6)7/h2-8,10,17H,9,11-14H2,1H3;(H,6,7). The second-order valence-corrected chi connectivity index (χ2v) is 7.62. The number of carbonyl (C=O) groups excluding carboxylic acids is 1. The van der Waals surface area contributed by atoms with Crippen LogP contribution in [0.3, 0.4) is 0 Å². The Hall–Kier alpha value is -3.34. The van der Waals surface area contributed by atoms with Crippen molar-refractivity contribution >= 4 is 11.9 Å². The monoisotopic (exact) mass is 468 g/mol. The Morgan fingerprint density at radius 3 is 2.39 bits per heavy atom. The van der Waals surface area contributed by atoms with Crippen LogP contribution in [0.15, 0.2) is 48.7 Å². The van der Waals surface area contributed by atoms with E-state index in [-0.39, 0.29) is 17.6 Å². The maximum Gasteiger partial charge on any atom is 0.490 e. The van der Waals surface area contributed by atoms with Gasteiger partial charge in [0.2, 0.25) is 5.88 Å². The van der Waals surface area contributed by atoms with Gasteiger partial charge in [0.25, 0.3) is 5.91 Å². The van der Waals surface area contributed by atoms with Gasteiger partial charge in [-0.1, -0.05) is 6.07 Å². The molecule has 2 aliphatic heterocycles. The number of carboxylic acid groups (broad SMARTS) is 1. The highest BCUT2D eigenvalue weighted by molar-refractivity contribution is 5.95. The predicted octanol–water partition coefficient (Wildman–Crippen LogP) is 3.18. The lowest BCUT2D eigenvalue weighted by atomic mass is 9.84. The van der Waals surface area contributed by atoms with Crippen LogP contribution >= 0.6 is 0 Å². The van der Waals surface area contributed by atoms with Gasteiger partial charge >= 0.3 is 12.1 Å². The van der Waals surface area contributed by atoms with Crippen molar-refractivity contribution < 1.29 is 42.1 Å². The van der Waals surface area contributed by atoms with Crippen LogP contribution in [0.2, 0.25) is 0 Å². The number of rotatable bonds is 4. The Kier molecular flexibility index (Phi) is 7.42. The smallest absolute Gasteiger partial charge is 0.490 e. The molecular weight excluding hydrogens is 445 g/mol. The summed E-state index contributed by atoms with van der Waals surface area (Å²) in [6, 6.07) is 12.8. The molecule has 11 heteroatoms. The summed E-state index contributed by atoms with van der Waals surface area (Å²) >= 11 is 0. The Morgan fingerprint density at radius 1 is 1.18 bits per heavy atom. The van der Waals surface area contributed by atoms with E-state index in [4.69, 9.17) is 24.1 Å². The van der Waals surface area contributed by atoms with Crippen molar-refractivity contribution in [3.8, 4) is 11.6 Å². The number of alkyl halides is 3. The minimum absolute atomic E-state index is 0.0228. The van der Waals surface area contributed by atoms with Crippen LogP contribution in [-0.4, -0.2) is 71.6 Å². The fourth-order valence-electron chi connectivity index (χ4n) is 3.60. The Morgan fingerprint density at radius 2 is 1.85 bits per heavy atom. The van der Waals surface area contributed by atoms with Crippen LogP contribution in [0, 0.1) is 0 Å². The zero-order valence-electron chi connectivity index (χ0n) is 17.7. The van der Waals surface area contributed by atoms with E-state index in [1.54, 1.807) is 37.6 Å². The van der Waals surface area contributed by atoms with Crippen molar-refractivity contribution in [3.05, 3.63) is 54.2 Å². The molecule has 4 rings (SSSR count). The average molecular weight is 468 g/mol. The topological polar surface area (TPSA) is 98.2 Å². The summed E-state index contributed by atoms with van der Waals surface area (Å²) in [4.78, 5) is 27.6. The number of amides is 1. The largest absolute Gasteiger partial charge is 0.497 e. The molecule has 0 saturated carbocycles. The second-order valence-electron chi connectivity index (χ2n) is 7.62. The first-order valence-electron chi connectivity index (χ1n) is 10.1. The zero-order valence-corrected chi connectivity index (χ0v) is 17.7. The highest BCUT2D eigenvalue weighted by atomic mass is 19.4. The molecule has 1 aromatic carbocycles. The molecule has 0 aliphatic carbocycles. The predicted molar refractivity (Wildman–Crippen MR) is 109 cm³/mol. The molecule has 2 saturated heterocycles. The van der Waals surface area contributed by atoms with E-state index in [1.807, 2.05) is 23.1 Å². The summed E-state index contributed by atoms with van der Waals surface area (Å²) in [6.07, 6.45) is -1.68. The lowest BCUT2D eigenvalue weighted by Crippen LogP contribution is -2.67. The van der Waals surface area contributed by atoms with Crippen LogP contribution < -0.4 is 9.47 Å². The van der Waals surface area contributed by atoms with E-state index >= 15 is 0 Å². The van der Waals surface area contributed by atoms with Crippen molar-refractivity contribution in [2.45, 2.75) is 30.7 Å². The summed E-state index contributed by atoms with van der Waals surface area (Å²) in [5.41, 5.74) is 0.373. The van der Waals surface area contributed by atoms with Gasteiger partial charge in [-0.3, -0.25) is 4.79 Å². The van der Waals surface area contributed by atoms with Gasteiger partial charge in [0.05, 0.1) is 26.8 Å². The van der Waals surface area contributed by atoms with E-state index in [0.717, 1.165) is 18.6 Å². The highest BCUT2D eigenvalue weighted by Gasteiger charge is 2.50. The molecule has 1 spiro atoms. The first kappa shape index (κ1) is 24.3. The van der Waals surface area contributed by atoms with E-state index in [9.17, 15) is 18.0 Å². The number of benzene rings is 1. The lowest BCUT2D eigenvalue weighted by molar-refractivity contribution is -0.192. The molecule has 1 unspecified atom stereocenters. The molecule has 8 nitrogen and oxygen atoms in total.